The quantitative estimate of drug-likeness (QED) is 0.628. The molecule has 7 heteroatoms. The summed E-state index contributed by atoms with van der Waals surface area (Å²) in [5.41, 5.74) is 0.916. The molecule has 2 rings (SSSR count). The van der Waals surface area contributed by atoms with E-state index >= 15 is 0 Å². The molecule has 0 atom stereocenters. The van der Waals surface area contributed by atoms with Crippen LogP contribution in [-0.2, 0) is 9.84 Å². The van der Waals surface area contributed by atoms with E-state index in [4.69, 9.17) is 4.42 Å². The fourth-order valence-corrected chi connectivity index (χ4v) is 2.56. The molecule has 1 aromatic carbocycles. The molecule has 0 aliphatic heterocycles. The zero-order valence-corrected chi connectivity index (χ0v) is 10.2. The Morgan fingerprint density at radius 2 is 1.72 bits per heavy atom. The number of nitro groups is 1. The molecule has 0 fully saturated rings. The minimum absolute atomic E-state index is 0.0392. The first kappa shape index (κ1) is 12.3. The standard InChI is InChI=1S/C11H9NO5S/c1-8-2-4-9(5-3-8)18(15,16)11-7-6-10(17-11)12(13)14/h2-7H,1H3. The average molecular weight is 267 g/mol. The van der Waals surface area contributed by atoms with Gasteiger partial charge in [-0.25, -0.2) is 8.42 Å². The van der Waals surface area contributed by atoms with Gasteiger partial charge >= 0.3 is 5.88 Å². The van der Waals surface area contributed by atoms with E-state index < -0.39 is 25.7 Å². The fourth-order valence-electron chi connectivity index (χ4n) is 1.39. The highest BCUT2D eigenvalue weighted by molar-refractivity contribution is 7.91. The van der Waals surface area contributed by atoms with Crippen LogP contribution in [-0.4, -0.2) is 13.3 Å². The smallest absolute Gasteiger partial charge is 0.388 e. The Bertz CT molecular complexity index is 684. The van der Waals surface area contributed by atoms with Gasteiger partial charge in [0, 0.05) is 6.07 Å². The summed E-state index contributed by atoms with van der Waals surface area (Å²) in [5.74, 6) is -0.597. The van der Waals surface area contributed by atoms with Gasteiger partial charge in [-0.1, -0.05) is 17.7 Å². The molecule has 0 unspecified atom stereocenters. The van der Waals surface area contributed by atoms with Crippen LogP contribution in [0.3, 0.4) is 0 Å². The van der Waals surface area contributed by atoms with Gasteiger partial charge in [-0.2, -0.15) is 0 Å². The third kappa shape index (κ3) is 2.12. The molecule has 6 nitrogen and oxygen atoms in total. The molecular weight excluding hydrogens is 258 g/mol. The number of furan rings is 1. The zero-order chi connectivity index (χ0) is 13.3. The Morgan fingerprint density at radius 1 is 1.11 bits per heavy atom. The number of hydrogen-bond donors (Lipinski definition) is 0. The first-order valence-electron chi connectivity index (χ1n) is 4.97. The van der Waals surface area contributed by atoms with Crippen molar-refractivity contribution in [3.63, 3.8) is 0 Å². The van der Waals surface area contributed by atoms with Crippen molar-refractivity contribution in [2.75, 3.05) is 0 Å². The molecule has 0 aliphatic rings. The maximum absolute atomic E-state index is 12.1. The largest absolute Gasteiger partial charge is 0.434 e. The van der Waals surface area contributed by atoms with Gasteiger partial charge in [0.25, 0.3) is 0 Å². The van der Waals surface area contributed by atoms with Crippen LogP contribution in [0.2, 0.25) is 0 Å². The number of aryl methyl sites for hydroxylation is 1. The Hall–Kier alpha value is -2.15. The highest BCUT2D eigenvalue weighted by Crippen LogP contribution is 2.26. The van der Waals surface area contributed by atoms with Gasteiger partial charge in [0.1, 0.15) is 4.92 Å². The maximum Gasteiger partial charge on any atom is 0.434 e. The summed E-state index contributed by atoms with van der Waals surface area (Å²) in [6.45, 7) is 1.83. The fraction of sp³-hybridized carbons (Fsp3) is 0.0909. The summed E-state index contributed by atoms with van der Waals surface area (Å²) in [5, 5.41) is 10.0. The number of benzene rings is 1. The number of nitrogens with zero attached hydrogens (tertiary/aromatic N) is 1. The van der Waals surface area contributed by atoms with E-state index in [9.17, 15) is 18.5 Å². The third-order valence-electron chi connectivity index (χ3n) is 2.34. The van der Waals surface area contributed by atoms with Crippen LogP contribution in [0.1, 0.15) is 5.56 Å². The first-order valence-corrected chi connectivity index (χ1v) is 6.45. The molecule has 18 heavy (non-hydrogen) atoms. The molecule has 0 radical (unpaired) electrons. The minimum atomic E-state index is -3.84. The predicted octanol–water partition coefficient (Wildman–Crippen LogP) is 2.33. The predicted molar refractivity (Wildman–Crippen MR) is 62.0 cm³/mol. The molecule has 0 spiro atoms. The van der Waals surface area contributed by atoms with Crippen molar-refractivity contribution in [2.24, 2.45) is 0 Å². The summed E-state index contributed by atoms with van der Waals surface area (Å²) in [6.07, 6.45) is 0. The molecule has 0 saturated heterocycles. The van der Waals surface area contributed by atoms with E-state index in [-0.39, 0.29) is 4.90 Å². The molecule has 2 aromatic rings. The van der Waals surface area contributed by atoms with Crippen LogP contribution in [0.25, 0.3) is 0 Å². The maximum atomic E-state index is 12.1. The summed E-state index contributed by atoms with van der Waals surface area (Å²) in [6, 6.07) is 8.24. The van der Waals surface area contributed by atoms with E-state index in [1.165, 1.54) is 12.1 Å². The monoisotopic (exact) mass is 267 g/mol. The highest BCUT2D eigenvalue weighted by atomic mass is 32.2. The van der Waals surface area contributed by atoms with Gasteiger partial charge in [0.05, 0.1) is 11.0 Å². The van der Waals surface area contributed by atoms with Gasteiger partial charge in [-0.3, -0.25) is 10.1 Å². The Balaban J connectivity index is 2.47. The molecule has 94 valence electrons. The van der Waals surface area contributed by atoms with Crippen LogP contribution in [0.5, 0.6) is 0 Å². The van der Waals surface area contributed by atoms with Crippen LogP contribution in [0.15, 0.2) is 50.8 Å². The summed E-state index contributed by atoms with van der Waals surface area (Å²) in [4.78, 5) is 9.70. The van der Waals surface area contributed by atoms with E-state index in [2.05, 4.69) is 0 Å². The summed E-state index contributed by atoms with van der Waals surface area (Å²) >= 11 is 0. The Labute approximate surface area is 103 Å². The van der Waals surface area contributed by atoms with Gasteiger partial charge < -0.3 is 4.42 Å². The van der Waals surface area contributed by atoms with Crippen molar-refractivity contribution in [3.8, 4) is 0 Å². The van der Waals surface area contributed by atoms with Crippen molar-refractivity contribution < 1.29 is 17.8 Å². The van der Waals surface area contributed by atoms with E-state index in [1.807, 2.05) is 6.92 Å². The van der Waals surface area contributed by atoms with Crippen LogP contribution >= 0.6 is 0 Å². The first-order chi connectivity index (χ1) is 8.41. The Morgan fingerprint density at radius 3 is 2.22 bits per heavy atom. The van der Waals surface area contributed by atoms with Gasteiger partial charge in [0.2, 0.25) is 14.9 Å². The van der Waals surface area contributed by atoms with Crippen LogP contribution < -0.4 is 0 Å². The molecule has 1 aromatic heterocycles. The topological polar surface area (TPSA) is 90.4 Å². The second-order valence-corrected chi connectivity index (χ2v) is 5.55. The van der Waals surface area contributed by atoms with Gasteiger partial charge in [0.15, 0.2) is 0 Å². The normalized spacial score (nSPS) is 11.4. The van der Waals surface area contributed by atoms with E-state index in [0.29, 0.717) is 0 Å². The number of sulfone groups is 1. The van der Waals surface area contributed by atoms with Crippen molar-refractivity contribution in [1.82, 2.24) is 0 Å². The van der Waals surface area contributed by atoms with Crippen molar-refractivity contribution in [2.45, 2.75) is 16.9 Å². The van der Waals surface area contributed by atoms with E-state index in [1.54, 1.807) is 12.1 Å². The zero-order valence-electron chi connectivity index (χ0n) is 9.36. The lowest BCUT2D eigenvalue weighted by Gasteiger charge is -2.00. The molecule has 0 N–H and O–H groups in total. The lowest BCUT2D eigenvalue weighted by molar-refractivity contribution is -0.403. The molecule has 0 saturated carbocycles. The van der Waals surface area contributed by atoms with Crippen LogP contribution in [0.4, 0.5) is 5.88 Å². The second-order valence-electron chi connectivity index (χ2n) is 3.67. The summed E-state index contributed by atoms with van der Waals surface area (Å²) < 4.78 is 28.8. The molecule has 0 bridgehead atoms. The highest BCUT2D eigenvalue weighted by Gasteiger charge is 2.24. The van der Waals surface area contributed by atoms with Gasteiger partial charge in [-0.05, 0) is 19.1 Å². The minimum Gasteiger partial charge on any atom is -0.388 e. The SMILES string of the molecule is Cc1ccc(S(=O)(=O)c2ccc([N+](=O)[O-])o2)cc1. The number of hydrogen-bond acceptors (Lipinski definition) is 5. The van der Waals surface area contributed by atoms with Crippen molar-refractivity contribution in [1.29, 1.82) is 0 Å². The average Bonchev–Trinajstić information content (AvgIpc) is 2.79. The molecule has 1 heterocycles. The molecule has 0 aliphatic carbocycles. The lowest BCUT2D eigenvalue weighted by atomic mass is 10.2. The second kappa shape index (κ2) is 4.26. The molecule has 0 amide bonds. The van der Waals surface area contributed by atoms with E-state index in [0.717, 1.165) is 17.7 Å². The lowest BCUT2D eigenvalue weighted by Crippen LogP contribution is -2.00. The van der Waals surface area contributed by atoms with Crippen molar-refractivity contribution in [3.05, 3.63) is 52.1 Å². The third-order valence-corrected chi connectivity index (χ3v) is 3.99. The van der Waals surface area contributed by atoms with Crippen LogP contribution in [0, 0.1) is 17.0 Å². The Kier molecular flexibility index (Phi) is 2.92. The van der Waals surface area contributed by atoms with Gasteiger partial charge in [-0.15, -0.1) is 0 Å². The number of rotatable bonds is 3. The molecular formula is C11H9NO5S. The van der Waals surface area contributed by atoms with Crippen molar-refractivity contribution >= 4 is 15.7 Å². The summed E-state index contributed by atoms with van der Waals surface area (Å²) in [7, 11) is -3.84.